The van der Waals surface area contributed by atoms with Gasteiger partial charge in [0.2, 0.25) is 0 Å². The van der Waals surface area contributed by atoms with Crippen LogP contribution in [0.15, 0.2) is 224 Å². The summed E-state index contributed by atoms with van der Waals surface area (Å²) in [5.41, 5.74) is 18.3. The fourth-order valence-electron chi connectivity index (χ4n) is 9.62. The van der Waals surface area contributed by atoms with E-state index in [0.717, 1.165) is 17.1 Å². The Morgan fingerprint density at radius 3 is 1.70 bits per heavy atom. The first-order valence-corrected chi connectivity index (χ1v) is 20.9. The summed E-state index contributed by atoms with van der Waals surface area (Å²) < 4.78 is 0. The van der Waals surface area contributed by atoms with E-state index in [1.165, 1.54) is 88.3 Å². The molecule has 60 heavy (non-hydrogen) atoms. The Morgan fingerprint density at radius 2 is 0.883 bits per heavy atom. The van der Waals surface area contributed by atoms with Crippen LogP contribution >= 0.6 is 0 Å². The van der Waals surface area contributed by atoms with Crippen LogP contribution in [-0.4, -0.2) is 0 Å². The minimum Gasteiger partial charge on any atom is -0.310 e. The second-order valence-electron chi connectivity index (χ2n) is 16.5. The first kappa shape index (κ1) is 35.7. The molecule has 1 nitrogen and oxygen atoms in total. The summed E-state index contributed by atoms with van der Waals surface area (Å²) >= 11 is 0. The molecule has 0 amide bonds. The monoisotopic (exact) mass is 765 g/mol. The Morgan fingerprint density at radius 1 is 0.300 bits per heavy atom. The highest BCUT2D eigenvalue weighted by Gasteiger charge is 2.35. The average molecular weight is 766 g/mol. The van der Waals surface area contributed by atoms with Gasteiger partial charge in [0.25, 0.3) is 0 Å². The molecule has 11 rings (SSSR count). The van der Waals surface area contributed by atoms with Gasteiger partial charge in [-0.25, -0.2) is 0 Å². The van der Waals surface area contributed by atoms with Crippen molar-refractivity contribution < 1.29 is 0 Å². The molecule has 0 atom stereocenters. The second kappa shape index (κ2) is 14.4. The fraction of sp³-hybridized carbons (Fsp3) is 0.0508. The van der Waals surface area contributed by atoms with Crippen LogP contribution in [0.3, 0.4) is 0 Å². The lowest BCUT2D eigenvalue weighted by Crippen LogP contribution is -2.14. The standard InChI is InChI=1S/C59H43N/c1-59(2)56-26-12-11-23-53(56)55-39-44(30-35-57(55)59)41-27-32-47(33-28-41)60(58-36-31-45(40-15-5-3-6-16-40)38-54(58)42-17-7-4-8-18-42)48-21-13-20-46(37-48)50-24-14-25-51-49-22-10-9-19-43(49)29-34-52(50)51/h3-39H,1-2H3. The maximum atomic E-state index is 2.44. The van der Waals surface area contributed by atoms with Crippen molar-refractivity contribution in [1.29, 1.82) is 0 Å². The Hall–Kier alpha value is -7.48. The van der Waals surface area contributed by atoms with Crippen molar-refractivity contribution in [3.63, 3.8) is 0 Å². The zero-order valence-corrected chi connectivity index (χ0v) is 33.8. The summed E-state index contributed by atoms with van der Waals surface area (Å²) in [5.74, 6) is 0. The molecule has 10 aromatic rings. The van der Waals surface area contributed by atoms with Gasteiger partial charge in [0, 0.05) is 22.4 Å². The second-order valence-corrected chi connectivity index (χ2v) is 16.5. The van der Waals surface area contributed by atoms with Crippen LogP contribution in [-0.2, 0) is 5.41 Å². The molecule has 0 radical (unpaired) electrons. The summed E-state index contributed by atoms with van der Waals surface area (Å²) in [4.78, 5) is 2.44. The first-order chi connectivity index (χ1) is 29.5. The van der Waals surface area contributed by atoms with Crippen LogP contribution in [0.1, 0.15) is 25.0 Å². The van der Waals surface area contributed by atoms with E-state index in [1.54, 1.807) is 0 Å². The number of nitrogens with zero attached hydrogens (tertiary/aromatic N) is 1. The molecule has 0 bridgehead atoms. The molecule has 0 saturated carbocycles. The quantitative estimate of drug-likeness (QED) is 0.146. The van der Waals surface area contributed by atoms with E-state index >= 15 is 0 Å². The lowest BCUT2D eigenvalue weighted by Gasteiger charge is -2.29. The highest BCUT2D eigenvalue weighted by atomic mass is 15.1. The molecule has 0 aromatic heterocycles. The van der Waals surface area contributed by atoms with Crippen molar-refractivity contribution in [3.05, 3.63) is 236 Å². The molecule has 284 valence electrons. The summed E-state index contributed by atoms with van der Waals surface area (Å²) in [7, 11) is 0. The van der Waals surface area contributed by atoms with E-state index in [2.05, 4.69) is 243 Å². The van der Waals surface area contributed by atoms with Crippen LogP contribution in [0.2, 0.25) is 0 Å². The molecule has 0 N–H and O–H groups in total. The number of anilines is 3. The van der Waals surface area contributed by atoms with E-state index in [1.807, 2.05) is 0 Å². The summed E-state index contributed by atoms with van der Waals surface area (Å²) in [5, 5.41) is 5.05. The van der Waals surface area contributed by atoms with E-state index in [0.29, 0.717) is 0 Å². The third-order valence-corrected chi connectivity index (χ3v) is 12.7. The Bertz CT molecular complexity index is 3210. The van der Waals surface area contributed by atoms with Crippen molar-refractivity contribution in [2.45, 2.75) is 19.3 Å². The molecule has 10 aromatic carbocycles. The zero-order valence-electron chi connectivity index (χ0n) is 33.8. The van der Waals surface area contributed by atoms with Crippen LogP contribution < -0.4 is 4.90 Å². The lowest BCUT2D eigenvalue weighted by molar-refractivity contribution is 0.660. The molecule has 0 unspecified atom stereocenters. The summed E-state index contributed by atoms with van der Waals surface area (Å²) in [6.45, 7) is 4.68. The number of fused-ring (bicyclic) bond motifs is 6. The van der Waals surface area contributed by atoms with Gasteiger partial charge in [-0.3, -0.25) is 0 Å². The third-order valence-electron chi connectivity index (χ3n) is 12.7. The maximum Gasteiger partial charge on any atom is 0.0540 e. The Balaban J connectivity index is 1.07. The van der Waals surface area contributed by atoms with Crippen molar-refractivity contribution in [2.24, 2.45) is 0 Å². The molecule has 0 aliphatic heterocycles. The first-order valence-electron chi connectivity index (χ1n) is 20.9. The van der Waals surface area contributed by atoms with Gasteiger partial charge >= 0.3 is 0 Å². The van der Waals surface area contributed by atoms with Gasteiger partial charge in [0.1, 0.15) is 0 Å². The number of hydrogen-bond acceptors (Lipinski definition) is 1. The largest absolute Gasteiger partial charge is 0.310 e. The van der Waals surface area contributed by atoms with E-state index < -0.39 is 0 Å². The normalized spacial score (nSPS) is 12.6. The minimum absolute atomic E-state index is 0.0182. The molecule has 1 aliphatic rings. The van der Waals surface area contributed by atoms with Crippen LogP contribution in [0.4, 0.5) is 17.1 Å². The molecule has 0 saturated heterocycles. The number of hydrogen-bond donors (Lipinski definition) is 0. The zero-order chi connectivity index (χ0) is 40.2. The highest BCUT2D eigenvalue weighted by Crippen LogP contribution is 2.50. The number of benzene rings is 10. The fourth-order valence-corrected chi connectivity index (χ4v) is 9.62. The van der Waals surface area contributed by atoms with E-state index in [-0.39, 0.29) is 5.41 Å². The summed E-state index contributed by atoms with van der Waals surface area (Å²) in [6, 6.07) is 82.4. The molecule has 1 heteroatoms. The SMILES string of the molecule is CC1(C)c2ccccc2-c2cc(-c3ccc(N(c4cccc(-c5cccc6c5ccc5ccccc56)c4)c4ccc(-c5ccccc5)cc4-c4ccccc4)cc3)ccc21. The van der Waals surface area contributed by atoms with Gasteiger partial charge in [0.15, 0.2) is 0 Å². The van der Waals surface area contributed by atoms with Gasteiger partial charge < -0.3 is 4.90 Å². The van der Waals surface area contributed by atoms with Crippen LogP contribution in [0.5, 0.6) is 0 Å². The van der Waals surface area contributed by atoms with Gasteiger partial charge in [0.05, 0.1) is 5.69 Å². The highest BCUT2D eigenvalue weighted by molar-refractivity contribution is 6.12. The van der Waals surface area contributed by atoms with Crippen molar-refractivity contribution >= 4 is 38.6 Å². The predicted octanol–water partition coefficient (Wildman–Crippen LogP) is 16.4. The maximum absolute atomic E-state index is 2.44. The Labute approximate surface area is 352 Å². The molecular weight excluding hydrogens is 723 g/mol. The van der Waals surface area contributed by atoms with Gasteiger partial charge in [-0.2, -0.15) is 0 Å². The van der Waals surface area contributed by atoms with Crippen LogP contribution in [0, 0.1) is 0 Å². The van der Waals surface area contributed by atoms with E-state index in [9.17, 15) is 0 Å². The van der Waals surface area contributed by atoms with Crippen molar-refractivity contribution in [1.82, 2.24) is 0 Å². The molecule has 0 spiro atoms. The lowest BCUT2D eigenvalue weighted by atomic mass is 9.82. The average Bonchev–Trinajstić information content (AvgIpc) is 3.55. The van der Waals surface area contributed by atoms with Crippen molar-refractivity contribution in [3.8, 4) is 55.6 Å². The third kappa shape index (κ3) is 6.01. The Kier molecular flexibility index (Phi) is 8.57. The summed E-state index contributed by atoms with van der Waals surface area (Å²) in [6.07, 6.45) is 0. The molecule has 0 heterocycles. The smallest absolute Gasteiger partial charge is 0.0540 e. The predicted molar refractivity (Wildman–Crippen MR) is 255 cm³/mol. The minimum atomic E-state index is -0.0182. The van der Waals surface area contributed by atoms with E-state index in [4.69, 9.17) is 0 Å². The van der Waals surface area contributed by atoms with Crippen LogP contribution in [0.25, 0.3) is 77.2 Å². The van der Waals surface area contributed by atoms with Gasteiger partial charge in [-0.1, -0.05) is 196 Å². The molecule has 0 fully saturated rings. The molecule has 1 aliphatic carbocycles. The van der Waals surface area contributed by atoms with Gasteiger partial charge in [-0.15, -0.1) is 0 Å². The van der Waals surface area contributed by atoms with Crippen molar-refractivity contribution in [2.75, 3.05) is 4.90 Å². The van der Waals surface area contributed by atoms with Gasteiger partial charge in [-0.05, 0) is 125 Å². The molecular formula is C59H43N. The topological polar surface area (TPSA) is 3.24 Å². The number of rotatable bonds is 7.